The van der Waals surface area contributed by atoms with E-state index in [-0.39, 0.29) is 0 Å². The first-order valence-electron chi connectivity index (χ1n) is 5.27. The van der Waals surface area contributed by atoms with Gasteiger partial charge in [-0.3, -0.25) is 5.10 Å². The van der Waals surface area contributed by atoms with Crippen LogP contribution < -0.4 is 0 Å². The largest absolute Gasteiger partial charge is 0.263 e. The summed E-state index contributed by atoms with van der Waals surface area (Å²) in [6.45, 7) is 4.37. The second-order valence-corrected chi connectivity index (χ2v) is 3.41. The summed E-state index contributed by atoms with van der Waals surface area (Å²) in [6, 6.07) is 0. The molecule has 0 aliphatic carbocycles. The Labute approximate surface area is 80.0 Å². The van der Waals surface area contributed by atoms with Crippen LogP contribution in [0.4, 0.5) is 0 Å². The number of nitrogens with zero attached hydrogens (tertiary/aromatic N) is 2. The molecular formula is C10H19N3. The average molecular weight is 181 g/mol. The number of aromatic nitrogens is 3. The third-order valence-corrected chi connectivity index (χ3v) is 2.10. The van der Waals surface area contributed by atoms with Crippen LogP contribution in [0.5, 0.6) is 0 Å². The van der Waals surface area contributed by atoms with Crippen LogP contribution in [0, 0.1) is 0 Å². The van der Waals surface area contributed by atoms with E-state index >= 15 is 0 Å². The molecule has 1 heterocycles. The van der Waals surface area contributed by atoms with Gasteiger partial charge in [0.15, 0.2) is 5.82 Å². The van der Waals surface area contributed by atoms with E-state index in [9.17, 15) is 0 Å². The number of rotatable bonds is 6. The number of H-pyrrole nitrogens is 1. The number of nitrogens with one attached hydrogen (secondary N) is 1. The quantitative estimate of drug-likeness (QED) is 0.732. The number of unbranched alkanes of at least 4 members (excludes halogenated alkanes) is 2. The molecule has 0 radical (unpaired) electrons. The normalized spacial score (nSPS) is 10.6. The maximum Gasteiger partial charge on any atom is 0.150 e. The Morgan fingerprint density at radius 3 is 2.46 bits per heavy atom. The summed E-state index contributed by atoms with van der Waals surface area (Å²) < 4.78 is 0. The van der Waals surface area contributed by atoms with E-state index in [1.165, 1.54) is 25.7 Å². The van der Waals surface area contributed by atoms with Crippen molar-refractivity contribution in [3.8, 4) is 0 Å². The van der Waals surface area contributed by atoms with Gasteiger partial charge >= 0.3 is 0 Å². The van der Waals surface area contributed by atoms with Crippen LogP contribution in [0.3, 0.4) is 0 Å². The van der Waals surface area contributed by atoms with Gasteiger partial charge in [0.05, 0.1) is 0 Å². The molecule has 3 nitrogen and oxygen atoms in total. The molecule has 0 aliphatic rings. The highest BCUT2D eigenvalue weighted by molar-refractivity contribution is 4.90. The van der Waals surface area contributed by atoms with Crippen LogP contribution in [-0.2, 0) is 12.8 Å². The third kappa shape index (κ3) is 3.57. The Balaban J connectivity index is 2.34. The second-order valence-electron chi connectivity index (χ2n) is 3.41. The van der Waals surface area contributed by atoms with Gasteiger partial charge in [-0.05, 0) is 12.8 Å². The number of aromatic amines is 1. The van der Waals surface area contributed by atoms with Crippen molar-refractivity contribution in [2.24, 2.45) is 0 Å². The zero-order valence-electron chi connectivity index (χ0n) is 8.64. The lowest BCUT2D eigenvalue weighted by atomic mass is 10.2. The van der Waals surface area contributed by atoms with Crippen molar-refractivity contribution < 1.29 is 0 Å². The monoisotopic (exact) mass is 181 g/mol. The van der Waals surface area contributed by atoms with Gasteiger partial charge in [0.2, 0.25) is 0 Å². The van der Waals surface area contributed by atoms with Crippen molar-refractivity contribution in [3.05, 3.63) is 11.6 Å². The van der Waals surface area contributed by atoms with E-state index < -0.39 is 0 Å². The molecule has 0 bridgehead atoms. The summed E-state index contributed by atoms with van der Waals surface area (Å²) >= 11 is 0. The van der Waals surface area contributed by atoms with Crippen LogP contribution in [0.1, 0.15) is 51.2 Å². The Bertz CT molecular complexity index is 207. The second kappa shape index (κ2) is 5.73. The van der Waals surface area contributed by atoms with Crippen molar-refractivity contribution in [1.29, 1.82) is 0 Å². The smallest absolute Gasteiger partial charge is 0.150 e. The van der Waals surface area contributed by atoms with Crippen molar-refractivity contribution >= 4 is 0 Å². The van der Waals surface area contributed by atoms with Crippen molar-refractivity contribution in [3.63, 3.8) is 0 Å². The van der Waals surface area contributed by atoms with Gasteiger partial charge in [0.25, 0.3) is 0 Å². The van der Waals surface area contributed by atoms with Gasteiger partial charge in [0, 0.05) is 12.8 Å². The fraction of sp³-hybridized carbons (Fsp3) is 0.800. The third-order valence-electron chi connectivity index (χ3n) is 2.10. The summed E-state index contributed by atoms with van der Waals surface area (Å²) in [5.41, 5.74) is 0. The first kappa shape index (κ1) is 10.2. The van der Waals surface area contributed by atoms with Gasteiger partial charge in [-0.1, -0.05) is 26.7 Å². The fourth-order valence-corrected chi connectivity index (χ4v) is 1.24. The van der Waals surface area contributed by atoms with Crippen LogP contribution in [0.2, 0.25) is 0 Å². The van der Waals surface area contributed by atoms with Crippen LogP contribution in [0.15, 0.2) is 0 Å². The fourth-order valence-electron chi connectivity index (χ4n) is 1.24. The summed E-state index contributed by atoms with van der Waals surface area (Å²) in [5, 5.41) is 7.16. The van der Waals surface area contributed by atoms with Crippen molar-refractivity contribution in [2.45, 2.75) is 52.4 Å². The molecule has 0 saturated carbocycles. The molecule has 1 rings (SSSR count). The number of aryl methyl sites for hydroxylation is 2. The van der Waals surface area contributed by atoms with E-state index in [1.54, 1.807) is 0 Å². The highest BCUT2D eigenvalue weighted by atomic mass is 15.2. The van der Waals surface area contributed by atoms with Gasteiger partial charge in [-0.15, -0.1) is 0 Å². The summed E-state index contributed by atoms with van der Waals surface area (Å²) in [7, 11) is 0. The van der Waals surface area contributed by atoms with Crippen LogP contribution in [0.25, 0.3) is 0 Å². The lowest BCUT2D eigenvalue weighted by molar-refractivity contribution is 0.748. The molecule has 1 N–H and O–H groups in total. The standard InChI is InChI=1S/C10H19N3/c1-3-5-7-9-11-10(13-12-9)8-6-4-2/h3-8H2,1-2H3,(H,11,12,13). The van der Waals surface area contributed by atoms with Gasteiger partial charge in [-0.25, -0.2) is 4.98 Å². The van der Waals surface area contributed by atoms with E-state index in [2.05, 4.69) is 29.0 Å². The zero-order chi connectivity index (χ0) is 9.52. The van der Waals surface area contributed by atoms with Gasteiger partial charge < -0.3 is 0 Å². The minimum Gasteiger partial charge on any atom is -0.263 e. The molecule has 0 aromatic carbocycles. The molecule has 74 valence electrons. The first-order chi connectivity index (χ1) is 6.36. The molecule has 0 saturated heterocycles. The Morgan fingerprint density at radius 2 is 1.77 bits per heavy atom. The molecule has 1 aromatic heterocycles. The summed E-state index contributed by atoms with van der Waals surface area (Å²) in [5.74, 6) is 2.03. The lowest BCUT2D eigenvalue weighted by Gasteiger charge is -1.91. The van der Waals surface area contributed by atoms with Crippen LogP contribution >= 0.6 is 0 Å². The molecule has 0 spiro atoms. The number of hydrogen-bond acceptors (Lipinski definition) is 2. The maximum absolute atomic E-state index is 4.42. The molecule has 3 heteroatoms. The van der Waals surface area contributed by atoms with Crippen molar-refractivity contribution in [2.75, 3.05) is 0 Å². The molecular weight excluding hydrogens is 162 g/mol. The van der Waals surface area contributed by atoms with Crippen molar-refractivity contribution in [1.82, 2.24) is 15.2 Å². The number of hydrogen-bond donors (Lipinski definition) is 1. The Kier molecular flexibility index (Phi) is 4.50. The lowest BCUT2D eigenvalue weighted by Crippen LogP contribution is -1.89. The van der Waals surface area contributed by atoms with E-state index in [4.69, 9.17) is 0 Å². The molecule has 0 unspecified atom stereocenters. The SMILES string of the molecule is CCCCc1n[nH]c(CCCC)n1. The predicted molar refractivity (Wildman–Crippen MR) is 53.6 cm³/mol. The van der Waals surface area contributed by atoms with Crippen LogP contribution in [-0.4, -0.2) is 15.2 Å². The first-order valence-corrected chi connectivity index (χ1v) is 5.27. The Hall–Kier alpha value is -0.860. The molecule has 0 amide bonds. The molecule has 13 heavy (non-hydrogen) atoms. The molecule has 0 aliphatic heterocycles. The summed E-state index contributed by atoms with van der Waals surface area (Å²) in [4.78, 5) is 4.42. The molecule has 1 aromatic rings. The minimum atomic E-state index is 0.980. The molecule has 0 atom stereocenters. The predicted octanol–water partition coefficient (Wildman–Crippen LogP) is 2.49. The van der Waals surface area contributed by atoms with E-state index in [1.807, 2.05) is 0 Å². The van der Waals surface area contributed by atoms with Gasteiger partial charge in [-0.2, -0.15) is 5.10 Å². The van der Waals surface area contributed by atoms with E-state index in [0.717, 1.165) is 24.5 Å². The highest BCUT2D eigenvalue weighted by Crippen LogP contribution is 2.02. The highest BCUT2D eigenvalue weighted by Gasteiger charge is 2.01. The topological polar surface area (TPSA) is 41.6 Å². The molecule has 0 fully saturated rings. The Morgan fingerprint density at radius 1 is 1.08 bits per heavy atom. The average Bonchev–Trinajstić information content (AvgIpc) is 2.59. The zero-order valence-corrected chi connectivity index (χ0v) is 8.64. The minimum absolute atomic E-state index is 0.980. The maximum atomic E-state index is 4.42. The summed E-state index contributed by atoms with van der Waals surface area (Å²) in [6.07, 6.45) is 6.85. The van der Waals surface area contributed by atoms with E-state index in [0.29, 0.717) is 0 Å². The van der Waals surface area contributed by atoms with Gasteiger partial charge in [0.1, 0.15) is 5.82 Å².